The molecule has 1 aliphatic rings. The average molecular weight is 603 g/mol. The van der Waals surface area contributed by atoms with Crippen molar-refractivity contribution in [3.63, 3.8) is 0 Å². The molecule has 12 heteroatoms. The van der Waals surface area contributed by atoms with E-state index >= 15 is 0 Å². The fourth-order valence-electron chi connectivity index (χ4n) is 3.37. The lowest BCUT2D eigenvalue weighted by Gasteiger charge is -2.17. The highest BCUT2D eigenvalue weighted by Crippen LogP contribution is 2.16. The first kappa shape index (κ1) is 38.1. The van der Waals surface area contributed by atoms with Crippen LogP contribution in [-0.4, -0.2) is 136 Å². The second kappa shape index (κ2) is 25.6. The lowest BCUT2D eigenvalue weighted by Crippen LogP contribution is -2.28. The lowest BCUT2D eigenvalue weighted by molar-refractivity contribution is -0.124. The summed E-state index contributed by atoms with van der Waals surface area (Å²) in [6.07, 6.45) is 4.51. The molecule has 42 heavy (non-hydrogen) atoms. The van der Waals surface area contributed by atoms with Gasteiger partial charge in [0.1, 0.15) is 0 Å². The number of rotatable bonds is 29. The minimum atomic E-state index is -0.0574. The Morgan fingerprint density at radius 2 is 1.05 bits per heavy atom. The molecule has 0 radical (unpaired) electrons. The predicted molar refractivity (Wildman–Crippen MR) is 158 cm³/mol. The summed E-state index contributed by atoms with van der Waals surface area (Å²) in [5.74, 6) is -0.0400. The zero-order chi connectivity index (χ0) is 30.7. The highest BCUT2D eigenvalue weighted by atomic mass is 16.6. The number of amides is 2. The van der Waals surface area contributed by atoms with Gasteiger partial charge >= 0.3 is 0 Å². The molecule has 1 aliphatic heterocycles. The maximum absolute atomic E-state index is 11.7. The molecule has 0 bridgehead atoms. The Bertz CT molecular complexity index is 724. The van der Waals surface area contributed by atoms with Crippen LogP contribution in [0.1, 0.15) is 33.6 Å². The van der Waals surface area contributed by atoms with Gasteiger partial charge in [-0.1, -0.05) is 27.4 Å². The summed E-state index contributed by atoms with van der Waals surface area (Å²) in [7, 11) is 0. The first-order valence-electron chi connectivity index (χ1n) is 14.9. The van der Waals surface area contributed by atoms with E-state index in [0.717, 1.165) is 6.42 Å². The molecular formula is C30H54N2O10. The van der Waals surface area contributed by atoms with Gasteiger partial charge in [-0.05, 0) is 17.9 Å². The van der Waals surface area contributed by atoms with Crippen molar-refractivity contribution in [2.45, 2.75) is 33.6 Å². The van der Waals surface area contributed by atoms with Crippen LogP contribution in [0.3, 0.4) is 0 Å². The number of nitrogens with one attached hydrogen (secondary N) is 1. The molecule has 0 aromatic rings. The van der Waals surface area contributed by atoms with Gasteiger partial charge in [0, 0.05) is 31.3 Å². The van der Waals surface area contributed by atoms with Crippen LogP contribution in [0.5, 0.6) is 0 Å². The van der Waals surface area contributed by atoms with Crippen molar-refractivity contribution in [3.05, 3.63) is 24.4 Å². The van der Waals surface area contributed by atoms with Crippen molar-refractivity contribution < 1.29 is 47.5 Å². The quantitative estimate of drug-likeness (QED) is 0.127. The summed E-state index contributed by atoms with van der Waals surface area (Å²) in [4.78, 5) is 24.8. The van der Waals surface area contributed by atoms with E-state index in [4.69, 9.17) is 37.9 Å². The van der Waals surface area contributed by atoms with Crippen LogP contribution >= 0.6 is 0 Å². The zero-order valence-electron chi connectivity index (χ0n) is 26.0. The summed E-state index contributed by atoms with van der Waals surface area (Å²) >= 11 is 0. The standard InChI is InChI=1S/C30H54N2O10/c1-27-5-6-29(34)32(27)10-12-36-14-16-38-18-20-40-22-24-42-26-25-41-23-21-39-19-17-37-15-13-35-11-7-28(33)31-9-8-30(2,3)4/h5-6H,1,7-26H2,2-4H3,(H,31,33). The Hall–Kier alpha value is -1.90. The fraction of sp³-hybridized carbons (Fsp3) is 0.800. The molecule has 1 rings (SSSR count). The third kappa shape index (κ3) is 23.6. The van der Waals surface area contributed by atoms with E-state index in [-0.39, 0.29) is 17.2 Å². The van der Waals surface area contributed by atoms with Crippen molar-refractivity contribution >= 4 is 11.8 Å². The number of carbonyl (C=O) groups is 2. The maximum Gasteiger partial charge on any atom is 0.251 e. The van der Waals surface area contributed by atoms with E-state index in [2.05, 4.69) is 32.7 Å². The summed E-state index contributed by atoms with van der Waals surface area (Å²) < 4.78 is 43.6. The van der Waals surface area contributed by atoms with Crippen molar-refractivity contribution in [1.82, 2.24) is 10.2 Å². The van der Waals surface area contributed by atoms with Gasteiger partial charge in [-0.3, -0.25) is 9.59 Å². The van der Waals surface area contributed by atoms with Crippen LogP contribution < -0.4 is 5.32 Å². The zero-order valence-corrected chi connectivity index (χ0v) is 26.0. The number of nitrogens with zero attached hydrogens (tertiary/aromatic N) is 1. The van der Waals surface area contributed by atoms with Crippen LogP contribution in [0, 0.1) is 5.41 Å². The molecular weight excluding hydrogens is 548 g/mol. The predicted octanol–water partition coefficient (Wildman–Crippen LogP) is 1.97. The number of hydrogen-bond acceptors (Lipinski definition) is 10. The van der Waals surface area contributed by atoms with E-state index in [9.17, 15) is 9.59 Å². The molecule has 0 unspecified atom stereocenters. The minimum Gasteiger partial charge on any atom is -0.379 e. The Morgan fingerprint density at radius 1 is 0.667 bits per heavy atom. The maximum atomic E-state index is 11.7. The van der Waals surface area contributed by atoms with Crippen LogP contribution in [-0.2, 0) is 47.5 Å². The number of ether oxygens (including phenoxy) is 8. The molecule has 0 spiro atoms. The summed E-state index contributed by atoms with van der Waals surface area (Å²) in [5.41, 5.74) is 0.910. The molecule has 2 amide bonds. The first-order chi connectivity index (χ1) is 20.3. The summed E-state index contributed by atoms with van der Waals surface area (Å²) in [6, 6.07) is 0. The van der Waals surface area contributed by atoms with Gasteiger partial charge in [0.25, 0.3) is 5.91 Å². The molecule has 0 saturated heterocycles. The SMILES string of the molecule is C=C1C=CC(=O)N1CCOCCOCCOCCOCCOCCOCCOCCOCCC(=O)NCCC(C)(C)C. The van der Waals surface area contributed by atoms with Crippen molar-refractivity contribution in [1.29, 1.82) is 0 Å². The molecule has 12 nitrogen and oxygen atoms in total. The molecule has 244 valence electrons. The Morgan fingerprint density at radius 3 is 1.40 bits per heavy atom. The van der Waals surface area contributed by atoms with Crippen LogP contribution in [0.4, 0.5) is 0 Å². The van der Waals surface area contributed by atoms with E-state index in [1.807, 2.05) is 0 Å². The summed E-state index contributed by atoms with van der Waals surface area (Å²) in [6.45, 7) is 19.0. The van der Waals surface area contributed by atoms with Crippen LogP contribution in [0.25, 0.3) is 0 Å². The summed E-state index contributed by atoms with van der Waals surface area (Å²) in [5, 5.41) is 2.91. The van der Waals surface area contributed by atoms with Crippen molar-refractivity contribution in [2.75, 3.05) is 119 Å². The molecule has 0 saturated carbocycles. The Labute approximate surface area is 251 Å². The Balaban J connectivity index is 1.67. The number of hydrogen-bond donors (Lipinski definition) is 1. The second-order valence-corrected chi connectivity index (χ2v) is 10.6. The average Bonchev–Trinajstić information content (AvgIpc) is 3.26. The first-order valence-corrected chi connectivity index (χ1v) is 14.9. The molecule has 1 N–H and O–H groups in total. The molecule has 0 fully saturated rings. The number of carbonyl (C=O) groups excluding carboxylic acids is 2. The highest BCUT2D eigenvalue weighted by Gasteiger charge is 2.17. The third-order valence-electron chi connectivity index (χ3n) is 5.76. The monoisotopic (exact) mass is 602 g/mol. The smallest absolute Gasteiger partial charge is 0.251 e. The topological polar surface area (TPSA) is 123 Å². The minimum absolute atomic E-state index is 0.0173. The molecule has 1 heterocycles. The second-order valence-electron chi connectivity index (χ2n) is 10.6. The van der Waals surface area contributed by atoms with Gasteiger partial charge in [0.2, 0.25) is 5.91 Å². The van der Waals surface area contributed by atoms with Gasteiger partial charge in [-0.15, -0.1) is 0 Å². The third-order valence-corrected chi connectivity index (χ3v) is 5.76. The fourth-order valence-corrected chi connectivity index (χ4v) is 3.37. The van der Waals surface area contributed by atoms with Gasteiger partial charge in [0.05, 0.1) is 106 Å². The van der Waals surface area contributed by atoms with Crippen LogP contribution in [0.15, 0.2) is 24.4 Å². The Kier molecular flexibility index (Phi) is 23.2. The normalized spacial score (nSPS) is 13.5. The van der Waals surface area contributed by atoms with Gasteiger partial charge in [0.15, 0.2) is 0 Å². The molecule has 0 atom stereocenters. The van der Waals surface area contributed by atoms with E-state index in [0.29, 0.717) is 131 Å². The molecule has 0 aromatic heterocycles. The number of allylic oxidation sites excluding steroid dienone is 1. The van der Waals surface area contributed by atoms with E-state index < -0.39 is 0 Å². The molecule has 0 aliphatic carbocycles. The lowest BCUT2D eigenvalue weighted by atomic mass is 9.92. The van der Waals surface area contributed by atoms with Gasteiger partial charge in [-0.2, -0.15) is 0 Å². The largest absolute Gasteiger partial charge is 0.379 e. The molecule has 0 aromatic carbocycles. The van der Waals surface area contributed by atoms with E-state index in [1.165, 1.54) is 6.08 Å². The van der Waals surface area contributed by atoms with Crippen molar-refractivity contribution in [3.8, 4) is 0 Å². The van der Waals surface area contributed by atoms with Gasteiger partial charge in [-0.25, -0.2) is 0 Å². The van der Waals surface area contributed by atoms with Gasteiger partial charge < -0.3 is 48.1 Å². The van der Waals surface area contributed by atoms with Crippen LogP contribution in [0.2, 0.25) is 0 Å². The van der Waals surface area contributed by atoms with Crippen molar-refractivity contribution in [2.24, 2.45) is 5.41 Å². The van der Waals surface area contributed by atoms with E-state index in [1.54, 1.807) is 11.0 Å². The highest BCUT2D eigenvalue weighted by molar-refractivity contribution is 5.92.